The molecule has 0 aliphatic carbocycles. The summed E-state index contributed by atoms with van der Waals surface area (Å²) < 4.78 is 0. The first kappa shape index (κ1) is 45.1. The van der Waals surface area contributed by atoms with Gasteiger partial charge in [0.2, 0.25) is 0 Å². The topological polar surface area (TPSA) is 364 Å². The van der Waals surface area contributed by atoms with Crippen LogP contribution in [0.4, 0.5) is 0 Å². The predicted octanol–water partition coefficient (Wildman–Crippen LogP) is -7.79. The summed E-state index contributed by atoms with van der Waals surface area (Å²) in [5.41, 5.74) is -3.33. The Morgan fingerprint density at radius 2 is 0.314 bits per heavy atom. The molecule has 220 valence electrons. The molecule has 20 heteroatoms. The van der Waals surface area contributed by atoms with E-state index >= 15 is 0 Å². The van der Waals surface area contributed by atoms with E-state index < -0.39 is 113 Å². The Balaban J connectivity index is -0.000000112. The minimum atomic E-state index is -2.62. The summed E-state index contributed by atoms with van der Waals surface area (Å²) in [7, 11) is -5.24. The van der Waals surface area contributed by atoms with E-state index in [2.05, 4.69) is 0 Å². The van der Waals surface area contributed by atoms with E-state index in [0.29, 0.717) is 0 Å². The van der Waals surface area contributed by atoms with Gasteiger partial charge >= 0.3 is 17.2 Å². The molecule has 0 aliphatic rings. The quantitative estimate of drug-likeness (QED) is 0.0965. The minimum Gasteiger partial charge on any atom is -0.396 e. The van der Waals surface area contributed by atoms with Crippen molar-refractivity contribution >= 4 is 17.2 Å². The highest BCUT2D eigenvalue weighted by atomic mass is 31.2. The normalized spacial score (nSPS) is 11.3. The van der Waals surface area contributed by atoms with Gasteiger partial charge in [-0.1, -0.05) is 0 Å². The van der Waals surface area contributed by atoms with Crippen LogP contribution in [-0.2, 0) is 0 Å². The van der Waals surface area contributed by atoms with E-state index in [1.54, 1.807) is 0 Å². The maximum absolute atomic E-state index is 8.50. The zero-order valence-corrected chi connectivity index (χ0v) is 20.7. The van der Waals surface area contributed by atoms with Gasteiger partial charge < -0.3 is 90.6 Å². The van der Waals surface area contributed by atoms with E-state index in [1.165, 1.54) is 0 Å². The van der Waals surface area contributed by atoms with Gasteiger partial charge in [0.15, 0.2) is 0 Å². The van der Waals surface area contributed by atoms with E-state index in [0.717, 1.165) is 0 Å². The van der Waals surface area contributed by atoms with Crippen LogP contribution < -0.4 is 0 Å². The lowest BCUT2D eigenvalue weighted by Gasteiger charge is -2.23. The van der Waals surface area contributed by atoms with Gasteiger partial charge in [-0.15, -0.1) is 0 Å². The molecule has 0 radical (unpaired) electrons. The lowest BCUT2D eigenvalue weighted by molar-refractivity contribution is -0.0332. The molecule has 0 rings (SSSR count). The summed E-state index contributed by atoms with van der Waals surface area (Å²) in [5, 5.41) is 102. The third kappa shape index (κ3) is 27.0. The summed E-state index contributed by atoms with van der Waals surface area (Å²) in [6.45, 7) is -4.88. The predicted molar refractivity (Wildman–Crippen MR) is 119 cm³/mol. The van der Waals surface area contributed by atoms with Crippen LogP contribution in [0.25, 0.3) is 0 Å². The highest BCUT2D eigenvalue weighted by Gasteiger charge is 2.27. The van der Waals surface area contributed by atoms with E-state index in [-0.39, 0.29) is 0 Å². The number of hydrogen-bond acceptors (Lipinski definition) is 18. The maximum Gasteiger partial charge on any atom is 0.324 e. The van der Waals surface area contributed by atoms with E-state index in [4.69, 9.17) is 90.6 Å². The average molecular weight is 572 g/mol. The van der Waals surface area contributed by atoms with Crippen LogP contribution >= 0.6 is 17.2 Å². The molecular formula is C15H42O18P2. The SMILES string of the molecule is OCC(CO)(CO)CO.OCC(CO)(CO)CO.OCC(CO)(CO)CO.OP(O)O.OP(O)O. The van der Waals surface area contributed by atoms with Crippen molar-refractivity contribution in [3.05, 3.63) is 0 Å². The highest BCUT2D eigenvalue weighted by molar-refractivity contribution is 7.38. The van der Waals surface area contributed by atoms with Crippen LogP contribution in [0.3, 0.4) is 0 Å². The van der Waals surface area contributed by atoms with E-state index in [9.17, 15) is 0 Å². The van der Waals surface area contributed by atoms with Crippen molar-refractivity contribution in [3.63, 3.8) is 0 Å². The van der Waals surface area contributed by atoms with Crippen LogP contribution in [0.2, 0.25) is 0 Å². The molecule has 0 aliphatic heterocycles. The van der Waals surface area contributed by atoms with Crippen LogP contribution in [0, 0.1) is 16.2 Å². The fourth-order valence-electron chi connectivity index (χ4n) is 0.900. The summed E-state index contributed by atoms with van der Waals surface area (Å²) >= 11 is 0. The van der Waals surface area contributed by atoms with Crippen LogP contribution in [0.5, 0.6) is 0 Å². The fraction of sp³-hybridized carbons (Fsp3) is 1.00. The molecule has 0 aromatic heterocycles. The Morgan fingerprint density at radius 3 is 0.314 bits per heavy atom. The van der Waals surface area contributed by atoms with Gasteiger partial charge in [-0.25, -0.2) is 0 Å². The fourth-order valence-corrected chi connectivity index (χ4v) is 0.900. The molecule has 18 nitrogen and oxygen atoms in total. The largest absolute Gasteiger partial charge is 0.396 e. The van der Waals surface area contributed by atoms with Crippen molar-refractivity contribution in [3.8, 4) is 0 Å². The molecular weight excluding hydrogens is 530 g/mol. The van der Waals surface area contributed by atoms with Gasteiger partial charge in [0.25, 0.3) is 0 Å². The maximum atomic E-state index is 8.50. The molecule has 0 spiro atoms. The van der Waals surface area contributed by atoms with Crippen molar-refractivity contribution in [1.29, 1.82) is 0 Å². The molecule has 0 saturated heterocycles. The summed E-state index contributed by atoms with van der Waals surface area (Å²) in [6.07, 6.45) is 0. The van der Waals surface area contributed by atoms with Crippen LogP contribution in [0.15, 0.2) is 0 Å². The van der Waals surface area contributed by atoms with Gasteiger partial charge in [0.05, 0.1) is 95.5 Å². The minimum absolute atomic E-state index is 0.406. The molecule has 18 N–H and O–H groups in total. The Labute approximate surface area is 204 Å². The second kappa shape index (κ2) is 28.7. The van der Waals surface area contributed by atoms with Crippen molar-refractivity contribution in [1.82, 2.24) is 0 Å². The molecule has 0 bridgehead atoms. The zero-order chi connectivity index (χ0) is 29.1. The first-order chi connectivity index (χ1) is 16.2. The van der Waals surface area contributed by atoms with E-state index in [1.807, 2.05) is 0 Å². The monoisotopic (exact) mass is 572 g/mol. The molecule has 35 heavy (non-hydrogen) atoms. The summed E-state index contributed by atoms with van der Waals surface area (Å²) in [5.74, 6) is 0. The molecule has 0 fully saturated rings. The Hall–Kier alpha value is 0.140. The van der Waals surface area contributed by atoms with Gasteiger partial charge in [-0.2, -0.15) is 0 Å². The number of hydrogen-bond donors (Lipinski definition) is 18. The number of aliphatic hydroxyl groups excluding tert-OH is 12. The van der Waals surface area contributed by atoms with Crippen molar-refractivity contribution in [2.24, 2.45) is 16.2 Å². The summed E-state index contributed by atoms with van der Waals surface area (Å²) in [4.78, 5) is 43.4. The van der Waals surface area contributed by atoms with Gasteiger partial charge in [0.1, 0.15) is 0 Å². The Kier molecular flexibility index (Phi) is 37.0. The Bertz CT molecular complexity index is 283. The van der Waals surface area contributed by atoms with Crippen LogP contribution in [-0.4, -0.2) is 170 Å². The lowest BCUT2D eigenvalue weighted by atomic mass is 9.93. The molecule has 0 unspecified atom stereocenters. The highest BCUT2D eigenvalue weighted by Crippen LogP contribution is 2.13. The second-order valence-electron chi connectivity index (χ2n) is 6.93. The molecule has 0 heterocycles. The standard InChI is InChI=1S/3C5H12O4.2H3O3P/c3*6-1-5(2-7,3-8)4-9;2*1-4(2)3/h3*6-9H,1-4H2;2*1-3H. The van der Waals surface area contributed by atoms with Gasteiger partial charge in [0, 0.05) is 0 Å². The Morgan fingerprint density at radius 1 is 0.257 bits per heavy atom. The summed E-state index contributed by atoms with van der Waals surface area (Å²) in [6, 6.07) is 0. The molecule has 0 aromatic rings. The first-order valence-corrected chi connectivity index (χ1v) is 11.6. The molecule has 0 atom stereocenters. The first-order valence-electron chi connectivity index (χ1n) is 9.24. The molecule has 0 amide bonds. The lowest BCUT2D eigenvalue weighted by Crippen LogP contribution is -2.37. The third-order valence-electron chi connectivity index (χ3n) is 4.02. The van der Waals surface area contributed by atoms with Crippen LogP contribution in [0.1, 0.15) is 0 Å². The van der Waals surface area contributed by atoms with Crippen molar-refractivity contribution in [2.75, 3.05) is 79.3 Å². The van der Waals surface area contributed by atoms with Gasteiger partial charge in [-0.05, 0) is 0 Å². The van der Waals surface area contributed by atoms with Crippen molar-refractivity contribution in [2.45, 2.75) is 0 Å². The second-order valence-corrected chi connectivity index (χ2v) is 8.01. The molecule has 0 saturated carbocycles. The third-order valence-corrected chi connectivity index (χ3v) is 4.02. The smallest absolute Gasteiger partial charge is 0.324 e. The zero-order valence-electron chi connectivity index (χ0n) is 18.9. The average Bonchev–Trinajstić information content (AvgIpc) is 2.85. The van der Waals surface area contributed by atoms with Gasteiger partial charge in [-0.3, -0.25) is 0 Å². The number of aliphatic hydroxyl groups is 12. The molecule has 0 aromatic carbocycles. The number of rotatable bonds is 12. The van der Waals surface area contributed by atoms with Crippen molar-refractivity contribution < 1.29 is 90.6 Å².